The fourth-order valence-electron chi connectivity index (χ4n) is 1.59. The first kappa shape index (κ1) is 21.6. The van der Waals surface area contributed by atoms with E-state index in [1.165, 1.54) is 0 Å². The number of amides is 2. The monoisotopic (exact) mass is 348 g/mol. The molecule has 0 aromatic rings. The first-order valence-electron chi connectivity index (χ1n) is 7.60. The van der Waals surface area contributed by atoms with E-state index >= 15 is 0 Å². The minimum absolute atomic E-state index is 0.156. The third kappa shape index (κ3) is 16.0. The zero-order valence-corrected chi connectivity index (χ0v) is 13.4. The van der Waals surface area contributed by atoms with Gasteiger partial charge >= 0.3 is 18.0 Å². The Kier molecular flexibility index (Phi) is 12.8. The topological polar surface area (TPSA) is 151 Å². The Hall–Kier alpha value is -2.36. The van der Waals surface area contributed by atoms with Crippen molar-refractivity contribution in [3.8, 4) is 0 Å². The van der Waals surface area contributed by atoms with Crippen molar-refractivity contribution in [2.75, 3.05) is 32.9 Å². The van der Waals surface area contributed by atoms with Gasteiger partial charge in [-0.05, 0) is 12.8 Å². The van der Waals surface area contributed by atoms with Crippen LogP contribution >= 0.6 is 0 Å². The van der Waals surface area contributed by atoms with Gasteiger partial charge in [0.2, 0.25) is 5.91 Å². The van der Waals surface area contributed by atoms with Crippen LogP contribution in [0, 0.1) is 0 Å². The molecule has 24 heavy (non-hydrogen) atoms. The summed E-state index contributed by atoms with van der Waals surface area (Å²) in [7, 11) is 0. The van der Waals surface area contributed by atoms with Gasteiger partial charge < -0.3 is 30.3 Å². The Morgan fingerprint density at radius 2 is 1.42 bits per heavy atom. The lowest BCUT2D eigenvalue weighted by Gasteiger charge is -2.07. The zero-order valence-electron chi connectivity index (χ0n) is 13.4. The molecule has 0 bridgehead atoms. The predicted octanol–water partition coefficient (Wildman–Crippen LogP) is -0.0349. The number of aliphatic carboxylic acids is 2. The molecular weight excluding hydrogens is 324 g/mol. The van der Waals surface area contributed by atoms with E-state index in [1.807, 2.05) is 0 Å². The van der Waals surface area contributed by atoms with Crippen LogP contribution in [0.1, 0.15) is 32.1 Å². The van der Waals surface area contributed by atoms with E-state index in [9.17, 15) is 19.2 Å². The lowest BCUT2D eigenvalue weighted by molar-refractivity contribution is -0.143. The highest BCUT2D eigenvalue weighted by atomic mass is 16.5. The van der Waals surface area contributed by atoms with Crippen molar-refractivity contribution >= 4 is 23.9 Å². The average molecular weight is 348 g/mol. The number of hydrogen-bond acceptors (Lipinski definition) is 6. The number of ether oxygens (including phenoxy) is 2. The van der Waals surface area contributed by atoms with Gasteiger partial charge in [-0.15, -0.1) is 0 Å². The summed E-state index contributed by atoms with van der Waals surface area (Å²) in [5.41, 5.74) is 0. The van der Waals surface area contributed by atoms with Crippen LogP contribution in [-0.2, 0) is 23.9 Å². The number of carboxylic acid groups (broad SMARTS) is 2. The first-order valence-corrected chi connectivity index (χ1v) is 7.60. The van der Waals surface area contributed by atoms with E-state index in [0.717, 1.165) is 25.7 Å². The maximum absolute atomic E-state index is 11.2. The molecule has 0 heterocycles. The Morgan fingerprint density at radius 3 is 2.00 bits per heavy atom. The molecule has 2 amide bonds. The van der Waals surface area contributed by atoms with Gasteiger partial charge in [0, 0.05) is 13.1 Å². The summed E-state index contributed by atoms with van der Waals surface area (Å²) in [5, 5.41) is 21.8. The lowest BCUT2D eigenvalue weighted by Crippen LogP contribution is -2.29. The van der Waals surface area contributed by atoms with Gasteiger partial charge in [-0.3, -0.25) is 9.59 Å². The standard InChI is InChI=1S/C14H24N2O8/c17-11(9-23-10-13(20)21)15-6-3-1-2-4-7-16-14(22)24-8-5-12(18)19/h1-10H2,(H,15,17)(H,16,22)(H,18,19)(H,20,21). The van der Waals surface area contributed by atoms with Crippen LogP contribution in [0.3, 0.4) is 0 Å². The van der Waals surface area contributed by atoms with Gasteiger partial charge in [-0.2, -0.15) is 0 Å². The molecule has 0 aliphatic carbocycles. The number of unbranched alkanes of at least 4 members (excludes halogenated alkanes) is 3. The molecule has 0 radical (unpaired) electrons. The van der Waals surface area contributed by atoms with Crippen molar-refractivity contribution in [3.63, 3.8) is 0 Å². The van der Waals surface area contributed by atoms with Crippen molar-refractivity contribution in [1.82, 2.24) is 10.6 Å². The predicted molar refractivity (Wildman–Crippen MR) is 81.5 cm³/mol. The Labute approximate surface area is 139 Å². The molecular formula is C14H24N2O8. The molecule has 0 saturated heterocycles. The molecule has 10 nitrogen and oxygen atoms in total. The number of carbonyl (C=O) groups is 4. The molecule has 0 aromatic heterocycles. The van der Waals surface area contributed by atoms with Gasteiger partial charge in [0.25, 0.3) is 0 Å². The third-order valence-corrected chi connectivity index (χ3v) is 2.70. The second-order valence-corrected chi connectivity index (χ2v) is 4.86. The Morgan fingerprint density at radius 1 is 0.792 bits per heavy atom. The van der Waals surface area contributed by atoms with Crippen LogP contribution in [0.2, 0.25) is 0 Å². The van der Waals surface area contributed by atoms with Gasteiger partial charge in [0.1, 0.15) is 19.8 Å². The number of rotatable bonds is 14. The van der Waals surface area contributed by atoms with Crippen LogP contribution < -0.4 is 10.6 Å². The largest absolute Gasteiger partial charge is 0.481 e. The second-order valence-electron chi connectivity index (χ2n) is 4.86. The van der Waals surface area contributed by atoms with Crippen LogP contribution in [0.4, 0.5) is 4.79 Å². The number of hydrogen-bond donors (Lipinski definition) is 4. The van der Waals surface area contributed by atoms with Crippen molar-refractivity contribution < 1.29 is 38.9 Å². The van der Waals surface area contributed by atoms with E-state index in [0.29, 0.717) is 13.1 Å². The van der Waals surface area contributed by atoms with E-state index in [4.69, 9.17) is 10.2 Å². The molecule has 4 N–H and O–H groups in total. The highest BCUT2D eigenvalue weighted by molar-refractivity contribution is 5.77. The number of nitrogens with one attached hydrogen (secondary N) is 2. The molecule has 0 saturated carbocycles. The van der Waals surface area contributed by atoms with Crippen LogP contribution in [0.15, 0.2) is 0 Å². The summed E-state index contributed by atoms with van der Waals surface area (Å²) in [6.07, 6.45) is 2.34. The normalized spacial score (nSPS) is 10.0. The molecule has 0 rings (SSSR count). The maximum atomic E-state index is 11.2. The Balaban J connectivity index is 3.32. The second kappa shape index (κ2) is 14.2. The summed E-state index contributed by atoms with van der Waals surface area (Å²) in [4.78, 5) is 42.8. The van der Waals surface area contributed by atoms with Gasteiger partial charge in [0.15, 0.2) is 0 Å². The van der Waals surface area contributed by atoms with Crippen molar-refractivity contribution in [1.29, 1.82) is 0 Å². The van der Waals surface area contributed by atoms with E-state index < -0.39 is 24.6 Å². The average Bonchev–Trinajstić information content (AvgIpc) is 2.49. The molecule has 138 valence electrons. The molecule has 0 atom stereocenters. The van der Waals surface area contributed by atoms with Gasteiger partial charge in [-0.1, -0.05) is 12.8 Å². The smallest absolute Gasteiger partial charge is 0.407 e. The van der Waals surface area contributed by atoms with Gasteiger partial charge in [-0.25, -0.2) is 9.59 Å². The lowest BCUT2D eigenvalue weighted by atomic mass is 10.2. The highest BCUT2D eigenvalue weighted by Gasteiger charge is 2.04. The van der Waals surface area contributed by atoms with Crippen molar-refractivity contribution in [3.05, 3.63) is 0 Å². The highest BCUT2D eigenvalue weighted by Crippen LogP contribution is 1.98. The minimum Gasteiger partial charge on any atom is -0.481 e. The zero-order chi connectivity index (χ0) is 18.2. The van der Waals surface area contributed by atoms with Crippen LogP contribution in [0.5, 0.6) is 0 Å². The fourth-order valence-corrected chi connectivity index (χ4v) is 1.59. The molecule has 0 aromatic carbocycles. The van der Waals surface area contributed by atoms with Gasteiger partial charge in [0.05, 0.1) is 6.42 Å². The SMILES string of the molecule is O=C(O)CCOC(=O)NCCCCCCNC(=O)COCC(=O)O. The van der Waals surface area contributed by atoms with E-state index in [2.05, 4.69) is 20.1 Å². The molecule has 0 fully saturated rings. The number of carbonyl (C=O) groups excluding carboxylic acids is 2. The van der Waals surface area contributed by atoms with Crippen molar-refractivity contribution in [2.45, 2.75) is 32.1 Å². The molecule has 0 aliphatic rings. The number of carboxylic acids is 2. The molecule has 0 spiro atoms. The maximum Gasteiger partial charge on any atom is 0.407 e. The summed E-state index contributed by atoms with van der Waals surface area (Å²) < 4.78 is 9.28. The molecule has 0 aliphatic heterocycles. The van der Waals surface area contributed by atoms with Crippen molar-refractivity contribution in [2.24, 2.45) is 0 Å². The van der Waals surface area contributed by atoms with E-state index in [-0.39, 0.29) is 25.5 Å². The summed E-state index contributed by atoms with van der Waals surface area (Å²) in [5.74, 6) is -2.51. The summed E-state index contributed by atoms with van der Waals surface area (Å²) >= 11 is 0. The fraction of sp³-hybridized carbons (Fsp3) is 0.714. The quantitative estimate of drug-likeness (QED) is 0.319. The first-order chi connectivity index (χ1) is 11.4. The van der Waals surface area contributed by atoms with Crippen LogP contribution in [0.25, 0.3) is 0 Å². The summed E-state index contributed by atoms with van der Waals surface area (Å²) in [6.45, 7) is -0.0301. The Bertz CT molecular complexity index is 376. The third-order valence-electron chi connectivity index (χ3n) is 2.70. The molecule has 10 heteroatoms. The molecule has 0 unspecified atom stereocenters. The number of alkyl carbamates (subject to hydrolysis) is 1. The van der Waals surface area contributed by atoms with Crippen LogP contribution in [-0.4, -0.2) is 67.1 Å². The summed E-state index contributed by atoms with van der Waals surface area (Å²) in [6, 6.07) is 0. The van der Waals surface area contributed by atoms with E-state index in [1.54, 1.807) is 0 Å². The minimum atomic E-state index is -1.12.